The van der Waals surface area contributed by atoms with Crippen molar-refractivity contribution in [3.05, 3.63) is 69.1 Å². The predicted molar refractivity (Wildman–Crippen MR) is 119 cm³/mol. The highest BCUT2D eigenvalue weighted by molar-refractivity contribution is 7.15. The van der Waals surface area contributed by atoms with Crippen LogP contribution in [0.15, 0.2) is 35.3 Å². The van der Waals surface area contributed by atoms with Crippen molar-refractivity contribution in [2.24, 2.45) is 10.7 Å². The van der Waals surface area contributed by atoms with Gasteiger partial charge < -0.3 is 10.8 Å². The summed E-state index contributed by atoms with van der Waals surface area (Å²) < 4.78 is 1.96. The van der Waals surface area contributed by atoms with Gasteiger partial charge in [0.25, 0.3) is 0 Å². The molecule has 0 saturated carbocycles. The minimum absolute atomic E-state index is 0.147. The molecule has 0 aliphatic carbocycles. The number of aliphatic carboxylic acids is 1. The summed E-state index contributed by atoms with van der Waals surface area (Å²) in [7, 11) is 0. The van der Waals surface area contributed by atoms with E-state index < -0.39 is 12.0 Å². The van der Waals surface area contributed by atoms with Crippen molar-refractivity contribution in [1.29, 1.82) is 0 Å². The molecule has 0 bridgehead atoms. The molecular weight excluding hydrogens is 398 g/mol. The quantitative estimate of drug-likeness (QED) is 0.655. The lowest BCUT2D eigenvalue weighted by molar-refractivity contribution is -0.137. The average molecular weight is 422 g/mol. The van der Waals surface area contributed by atoms with E-state index in [0.717, 1.165) is 38.8 Å². The number of carboxylic acids is 1. The summed E-state index contributed by atoms with van der Waals surface area (Å²) in [6.07, 6.45) is 3.73. The molecule has 0 amide bonds. The van der Waals surface area contributed by atoms with Gasteiger partial charge in [-0.2, -0.15) is 0 Å². The van der Waals surface area contributed by atoms with Crippen LogP contribution in [0.5, 0.6) is 0 Å². The van der Waals surface area contributed by atoms with Crippen LogP contribution < -0.4 is 5.73 Å². The number of hydrogen-bond donors (Lipinski definition) is 2. The molecule has 1 aromatic carbocycles. The van der Waals surface area contributed by atoms with E-state index in [2.05, 4.69) is 24.0 Å². The number of thiophene rings is 1. The third kappa shape index (κ3) is 3.48. The second-order valence-corrected chi connectivity index (χ2v) is 8.46. The molecule has 0 radical (unpaired) electrons. The van der Waals surface area contributed by atoms with Crippen LogP contribution in [0.1, 0.15) is 51.2 Å². The van der Waals surface area contributed by atoms with Crippen molar-refractivity contribution in [1.82, 2.24) is 14.8 Å². The molecule has 0 spiro atoms. The molecule has 3 heterocycles. The van der Waals surface area contributed by atoms with E-state index in [4.69, 9.17) is 10.7 Å². The van der Waals surface area contributed by atoms with E-state index in [9.17, 15) is 9.90 Å². The molecule has 0 unspecified atom stereocenters. The van der Waals surface area contributed by atoms with E-state index in [1.54, 1.807) is 11.3 Å². The Morgan fingerprint density at radius 2 is 1.97 bits per heavy atom. The lowest BCUT2D eigenvalue weighted by Gasteiger charge is -2.11. The van der Waals surface area contributed by atoms with Crippen LogP contribution in [0.25, 0.3) is 11.1 Å². The fraction of sp³-hybridized carbons (Fsp3) is 0.273. The number of aromatic nitrogens is 3. The van der Waals surface area contributed by atoms with Crippen LogP contribution in [-0.4, -0.2) is 38.1 Å². The molecule has 3 N–H and O–H groups in total. The van der Waals surface area contributed by atoms with Crippen molar-refractivity contribution in [2.75, 3.05) is 6.54 Å². The Kier molecular flexibility index (Phi) is 5.36. The normalized spacial score (nSPS) is 15.6. The van der Waals surface area contributed by atoms with Gasteiger partial charge in [-0.05, 0) is 31.9 Å². The van der Waals surface area contributed by atoms with Crippen molar-refractivity contribution in [2.45, 2.75) is 33.2 Å². The minimum Gasteiger partial charge on any atom is -0.481 e. The fourth-order valence-corrected chi connectivity index (χ4v) is 4.86. The Labute approximate surface area is 178 Å². The van der Waals surface area contributed by atoms with Gasteiger partial charge in [-0.1, -0.05) is 36.4 Å². The average Bonchev–Trinajstić information content (AvgIpc) is 3.19. The number of hydrogen-bond acceptors (Lipinski definition) is 6. The summed E-state index contributed by atoms with van der Waals surface area (Å²) in [6, 6.07) is 7.45. The van der Waals surface area contributed by atoms with Crippen LogP contribution in [0.2, 0.25) is 0 Å². The van der Waals surface area contributed by atoms with Crippen molar-refractivity contribution in [3.63, 3.8) is 0 Å². The van der Waals surface area contributed by atoms with E-state index in [1.165, 1.54) is 4.88 Å². The topological polar surface area (TPSA) is 106 Å². The molecule has 1 atom stereocenters. The third-order valence-electron chi connectivity index (χ3n) is 5.24. The van der Waals surface area contributed by atoms with Gasteiger partial charge in [0.2, 0.25) is 0 Å². The highest BCUT2D eigenvalue weighted by Crippen LogP contribution is 2.39. The number of aryl methyl sites for hydroxylation is 2. The maximum atomic E-state index is 11.6. The first-order chi connectivity index (χ1) is 14.4. The molecule has 7 nitrogen and oxygen atoms in total. The molecule has 8 heteroatoms. The minimum atomic E-state index is -0.921. The Hall–Kier alpha value is -3.10. The predicted octanol–water partition coefficient (Wildman–Crippen LogP) is 3.59. The number of aliphatic imine (C=N–C) groups is 1. The monoisotopic (exact) mass is 421 g/mol. The maximum absolute atomic E-state index is 11.6. The number of rotatable bonds is 5. The lowest BCUT2D eigenvalue weighted by Crippen LogP contribution is -2.10. The number of benzene rings is 1. The SMILES string of the molecule is Cc1sc2c(c1C)C(c1ccc(C=CCN)cc1)=N[C@H](CC(=O)O)c1nnc(C)n1-2. The molecule has 154 valence electrons. The fourth-order valence-electron chi connectivity index (χ4n) is 3.65. The number of fused-ring (bicyclic) bond motifs is 3. The van der Waals surface area contributed by atoms with E-state index in [-0.39, 0.29) is 6.42 Å². The van der Waals surface area contributed by atoms with Gasteiger partial charge >= 0.3 is 5.97 Å². The first kappa shape index (κ1) is 20.2. The van der Waals surface area contributed by atoms with Gasteiger partial charge in [0, 0.05) is 22.5 Å². The Balaban J connectivity index is 1.93. The second-order valence-electron chi connectivity index (χ2n) is 7.26. The first-order valence-corrected chi connectivity index (χ1v) is 10.5. The van der Waals surface area contributed by atoms with Crippen LogP contribution >= 0.6 is 11.3 Å². The van der Waals surface area contributed by atoms with Gasteiger partial charge in [0.15, 0.2) is 5.82 Å². The Morgan fingerprint density at radius 3 is 2.63 bits per heavy atom. The molecule has 0 fully saturated rings. The Morgan fingerprint density at radius 1 is 1.23 bits per heavy atom. The largest absolute Gasteiger partial charge is 0.481 e. The first-order valence-electron chi connectivity index (χ1n) is 9.70. The summed E-state index contributed by atoms with van der Waals surface area (Å²) in [4.78, 5) is 17.7. The molecule has 1 aliphatic heterocycles. The number of nitrogens with two attached hydrogens (primary N) is 1. The summed E-state index contributed by atoms with van der Waals surface area (Å²) in [5.41, 5.74) is 10.5. The molecule has 3 aromatic rings. The standard InChI is InChI=1S/C22H23N5O2S/c1-12-13(2)30-22-19(12)20(16-8-6-15(7-9-16)5-4-10-23)24-17(11-18(28)29)21-26-25-14(3)27(21)22/h4-9,17H,10-11,23H2,1-3H3,(H,28,29)/t17-/m1/s1. The maximum Gasteiger partial charge on any atom is 0.306 e. The molecule has 1 aliphatic rings. The summed E-state index contributed by atoms with van der Waals surface area (Å²) in [5, 5.41) is 19.0. The smallest absolute Gasteiger partial charge is 0.306 e. The highest BCUT2D eigenvalue weighted by Gasteiger charge is 2.32. The van der Waals surface area contributed by atoms with Gasteiger partial charge in [-0.3, -0.25) is 14.4 Å². The summed E-state index contributed by atoms with van der Waals surface area (Å²) in [5.74, 6) is 0.368. The van der Waals surface area contributed by atoms with Gasteiger partial charge in [0.1, 0.15) is 16.9 Å². The van der Waals surface area contributed by atoms with Gasteiger partial charge in [-0.25, -0.2) is 0 Å². The van der Waals surface area contributed by atoms with Crippen molar-refractivity contribution >= 4 is 29.1 Å². The zero-order valence-corrected chi connectivity index (χ0v) is 17.9. The second kappa shape index (κ2) is 7.97. The van der Waals surface area contributed by atoms with Gasteiger partial charge in [-0.15, -0.1) is 21.5 Å². The third-order valence-corrected chi connectivity index (χ3v) is 6.43. The lowest BCUT2D eigenvalue weighted by atomic mass is 9.98. The van der Waals surface area contributed by atoms with Crippen molar-refractivity contribution < 1.29 is 9.90 Å². The molecule has 0 saturated heterocycles. The molecule has 30 heavy (non-hydrogen) atoms. The number of nitrogens with zero attached hydrogens (tertiary/aromatic N) is 4. The summed E-state index contributed by atoms with van der Waals surface area (Å²) in [6.45, 7) is 6.53. The Bertz CT molecular complexity index is 1170. The van der Waals surface area contributed by atoms with Crippen LogP contribution in [0.4, 0.5) is 0 Å². The zero-order chi connectivity index (χ0) is 21.4. The van der Waals surface area contributed by atoms with Crippen molar-refractivity contribution in [3.8, 4) is 5.00 Å². The molecule has 4 rings (SSSR count). The van der Waals surface area contributed by atoms with E-state index in [0.29, 0.717) is 12.4 Å². The van der Waals surface area contributed by atoms with Crippen LogP contribution in [0.3, 0.4) is 0 Å². The van der Waals surface area contributed by atoms with E-state index in [1.807, 2.05) is 47.9 Å². The molecular formula is C22H23N5O2S. The number of carboxylic acid groups (broad SMARTS) is 1. The summed E-state index contributed by atoms with van der Waals surface area (Å²) >= 11 is 1.65. The van der Waals surface area contributed by atoms with Gasteiger partial charge in [0.05, 0.1) is 12.1 Å². The zero-order valence-electron chi connectivity index (χ0n) is 17.1. The van der Waals surface area contributed by atoms with Crippen LogP contribution in [-0.2, 0) is 4.79 Å². The highest BCUT2D eigenvalue weighted by atomic mass is 32.1. The van der Waals surface area contributed by atoms with Crippen LogP contribution in [0, 0.1) is 20.8 Å². The van der Waals surface area contributed by atoms with E-state index >= 15 is 0 Å². The number of carbonyl (C=O) groups is 1. The molecule has 2 aromatic heterocycles.